The highest BCUT2D eigenvalue weighted by Crippen LogP contribution is 2.22. The molecular weight excluding hydrogens is 339 g/mol. The Hall–Kier alpha value is -0.980. The number of hydrogen-bond acceptors (Lipinski definition) is 3. The number of benzene rings is 1. The Morgan fingerprint density at radius 1 is 1.33 bits per heavy atom. The normalized spacial score (nSPS) is 16.8. The van der Waals surface area contributed by atoms with E-state index in [0.717, 1.165) is 26.1 Å². The average Bonchev–Trinajstić information content (AvgIpc) is 2.73. The van der Waals surface area contributed by atoms with Gasteiger partial charge in [-0.25, -0.2) is 4.39 Å². The molecule has 0 N–H and O–H groups in total. The first-order valence-electron chi connectivity index (χ1n) is 7.08. The summed E-state index contributed by atoms with van der Waals surface area (Å²) in [7, 11) is 1.69. The van der Waals surface area contributed by atoms with Crippen molar-refractivity contribution in [3.63, 3.8) is 0 Å². The lowest BCUT2D eigenvalue weighted by Gasteiger charge is -2.22. The van der Waals surface area contributed by atoms with Crippen LogP contribution in [0.2, 0.25) is 0 Å². The van der Waals surface area contributed by atoms with E-state index in [0.29, 0.717) is 25.3 Å². The molecule has 1 heterocycles. The fourth-order valence-corrected chi connectivity index (χ4v) is 2.89. The zero-order chi connectivity index (χ0) is 15.2. The van der Waals surface area contributed by atoms with Gasteiger partial charge in [0.15, 0.2) is 0 Å². The number of methoxy groups -OCH3 is 1. The molecule has 0 saturated carbocycles. The van der Waals surface area contributed by atoms with Crippen LogP contribution in [0, 0.1) is 5.82 Å². The summed E-state index contributed by atoms with van der Waals surface area (Å²) in [6.45, 7) is 4.71. The quantitative estimate of drug-likeness (QED) is 0.828. The molecule has 0 atom stereocenters. The monoisotopic (exact) mass is 358 g/mol. The molecule has 0 bridgehead atoms. The predicted octanol–water partition coefficient (Wildman–Crippen LogP) is 2.38. The highest BCUT2D eigenvalue weighted by molar-refractivity contribution is 9.10. The Bertz CT molecular complexity index is 499. The Labute approximate surface area is 133 Å². The second-order valence-electron chi connectivity index (χ2n) is 5.08. The SMILES string of the molecule is COCCN1CCCN(C(=O)c2cccc(F)c2Br)CC1. The highest BCUT2D eigenvalue weighted by Gasteiger charge is 2.22. The van der Waals surface area contributed by atoms with Crippen molar-refractivity contribution in [2.45, 2.75) is 6.42 Å². The number of rotatable bonds is 4. The molecule has 1 aliphatic rings. The molecule has 21 heavy (non-hydrogen) atoms. The second-order valence-corrected chi connectivity index (χ2v) is 5.87. The molecule has 0 aliphatic carbocycles. The molecule has 2 rings (SSSR count). The van der Waals surface area contributed by atoms with Gasteiger partial charge in [0.05, 0.1) is 16.6 Å². The molecule has 0 spiro atoms. The molecular formula is C15H20BrFN2O2. The molecule has 1 amide bonds. The second kappa shape index (κ2) is 7.87. The van der Waals surface area contributed by atoms with Crippen molar-refractivity contribution in [3.05, 3.63) is 34.1 Å². The smallest absolute Gasteiger partial charge is 0.255 e. The third-order valence-corrected chi connectivity index (χ3v) is 4.48. The molecule has 0 radical (unpaired) electrons. The third-order valence-electron chi connectivity index (χ3n) is 3.67. The fraction of sp³-hybridized carbons (Fsp3) is 0.533. The minimum Gasteiger partial charge on any atom is -0.383 e. The first-order valence-corrected chi connectivity index (χ1v) is 7.87. The Morgan fingerprint density at radius 3 is 2.90 bits per heavy atom. The molecule has 1 aliphatic heterocycles. The van der Waals surface area contributed by atoms with Gasteiger partial charge in [0.1, 0.15) is 5.82 Å². The van der Waals surface area contributed by atoms with E-state index in [1.54, 1.807) is 24.1 Å². The van der Waals surface area contributed by atoms with Gasteiger partial charge in [0, 0.05) is 33.3 Å². The van der Waals surface area contributed by atoms with Gasteiger partial charge in [-0.2, -0.15) is 0 Å². The van der Waals surface area contributed by atoms with Crippen LogP contribution in [0.15, 0.2) is 22.7 Å². The van der Waals surface area contributed by atoms with Crippen molar-refractivity contribution >= 4 is 21.8 Å². The summed E-state index contributed by atoms with van der Waals surface area (Å²) in [6.07, 6.45) is 0.919. The van der Waals surface area contributed by atoms with Gasteiger partial charge in [-0.15, -0.1) is 0 Å². The van der Waals surface area contributed by atoms with Gasteiger partial charge in [-0.05, 0) is 41.0 Å². The lowest BCUT2D eigenvalue weighted by Crippen LogP contribution is -2.36. The van der Waals surface area contributed by atoms with Gasteiger partial charge in [0.25, 0.3) is 5.91 Å². The van der Waals surface area contributed by atoms with Crippen LogP contribution in [0.1, 0.15) is 16.8 Å². The topological polar surface area (TPSA) is 32.8 Å². The Kier molecular flexibility index (Phi) is 6.14. The van der Waals surface area contributed by atoms with E-state index in [9.17, 15) is 9.18 Å². The van der Waals surface area contributed by atoms with E-state index in [1.807, 2.05) is 0 Å². The standard InChI is InChI=1S/C15H20BrFN2O2/c1-21-11-10-18-6-3-7-19(9-8-18)15(20)12-4-2-5-13(17)14(12)16/h2,4-5H,3,6-11H2,1H3. The van der Waals surface area contributed by atoms with Gasteiger partial charge in [0.2, 0.25) is 0 Å². The van der Waals surface area contributed by atoms with Crippen molar-refractivity contribution in [2.24, 2.45) is 0 Å². The van der Waals surface area contributed by atoms with Crippen molar-refractivity contribution in [1.82, 2.24) is 9.80 Å². The summed E-state index contributed by atoms with van der Waals surface area (Å²) in [5.41, 5.74) is 0.389. The Balaban J connectivity index is 2.01. The van der Waals surface area contributed by atoms with Crippen LogP contribution in [-0.4, -0.2) is 62.1 Å². The molecule has 1 fully saturated rings. The summed E-state index contributed by atoms with van der Waals surface area (Å²) in [4.78, 5) is 16.6. The highest BCUT2D eigenvalue weighted by atomic mass is 79.9. The van der Waals surface area contributed by atoms with Crippen LogP contribution in [0.3, 0.4) is 0 Å². The summed E-state index contributed by atoms with van der Waals surface area (Å²) in [5, 5.41) is 0. The molecule has 1 saturated heterocycles. The van der Waals surface area contributed by atoms with Crippen molar-refractivity contribution < 1.29 is 13.9 Å². The number of ether oxygens (including phenoxy) is 1. The number of carbonyl (C=O) groups is 1. The summed E-state index contributed by atoms with van der Waals surface area (Å²) >= 11 is 3.16. The molecule has 1 aromatic carbocycles. The number of hydrogen-bond donors (Lipinski definition) is 0. The zero-order valence-corrected chi connectivity index (χ0v) is 13.7. The molecule has 1 aromatic rings. The number of carbonyl (C=O) groups excluding carboxylic acids is 1. The van der Waals surface area contributed by atoms with Gasteiger partial charge in [-0.1, -0.05) is 6.07 Å². The van der Waals surface area contributed by atoms with Crippen LogP contribution in [-0.2, 0) is 4.74 Å². The van der Waals surface area contributed by atoms with Crippen molar-refractivity contribution in [1.29, 1.82) is 0 Å². The van der Waals surface area contributed by atoms with Crippen LogP contribution < -0.4 is 0 Å². The minimum atomic E-state index is -0.405. The van der Waals surface area contributed by atoms with Crippen LogP contribution >= 0.6 is 15.9 Å². The predicted molar refractivity (Wildman–Crippen MR) is 82.9 cm³/mol. The first kappa shape index (κ1) is 16.4. The lowest BCUT2D eigenvalue weighted by atomic mass is 10.2. The number of halogens is 2. The number of nitrogens with zero attached hydrogens (tertiary/aromatic N) is 2. The molecule has 6 heteroatoms. The van der Waals surface area contributed by atoms with E-state index in [4.69, 9.17) is 4.74 Å². The van der Waals surface area contributed by atoms with Gasteiger partial charge in [-0.3, -0.25) is 9.69 Å². The molecule has 116 valence electrons. The summed E-state index contributed by atoms with van der Waals surface area (Å²) in [5.74, 6) is -0.521. The van der Waals surface area contributed by atoms with E-state index >= 15 is 0 Å². The fourth-order valence-electron chi connectivity index (χ4n) is 2.46. The van der Waals surface area contributed by atoms with Crippen molar-refractivity contribution in [3.8, 4) is 0 Å². The van der Waals surface area contributed by atoms with E-state index in [1.165, 1.54) is 6.07 Å². The zero-order valence-electron chi connectivity index (χ0n) is 12.1. The summed E-state index contributed by atoms with van der Waals surface area (Å²) < 4.78 is 18.9. The lowest BCUT2D eigenvalue weighted by molar-refractivity contribution is 0.0757. The van der Waals surface area contributed by atoms with Crippen molar-refractivity contribution in [2.75, 3.05) is 46.4 Å². The van der Waals surface area contributed by atoms with E-state index < -0.39 is 5.82 Å². The maximum atomic E-state index is 13.5. The largest absolute Gasteiger partial charge is 0.383 e. The third kappa shape index (κ3) is 4.25. The van der Waals surface area contributed by atoms with Crippen LogP contribution in [0.25, 0.3) is 0 Å². The number of amides is 1. The first-order chi connectivity index (χ1) is 10.1. The molecule has 4 nitrogen and oxygen atoms in total. The van der Waals surface area contributed by atoms with E-state index in [2.05, 4.69) is 20.8 Å². The summed E-state index contributed by atoms with van der Waals surface area (Å²) in [6, 6.07) is 4.56. The minimum absolute atomic E-state index is 0.116. The van der Waals surface area contributed by atoms with Gasteiger partial charge < -0.3 is 9.64 Å². The van der Waals surface area contributed by atoms with Crippen LogP contribution in [0.4, 0.5) is 4.39 Å². The van der Waals surface area contributed by atoms with E-state index in [-0.39, 0.29) is 10.4 Å². The maximum Gasteiger partial charge on any atom is 0.255 e. The van der Waals surface area contributed by atoms with Gasteiger partial charge >= 0.3 is 0 Å². The van der Waals surface area contributed by atoms with Crippen LogP contribution in [0.5, 0.6) is 0 Å². The molecule has 0 unspecified atom stereocenters. The molecule has 0 aromatic heterocycles. The Morgan fingerprint density at radius 2 is 2.14 bits per heavy atom. The average molecular weight is 359 g/mol. The maximum absolute atomic E-state index is 13.5.